The molecular weight excluding hydrogens is 243 g/mol. The molecule has 0 saturated carbocycles. The van der Waals surface area contributed by atoms with Crippen LogP contribution in [-0.2, 0) is 11.3 Å². The van der Waals surface area contributed by atoms with Crippen LogP contribution < -0.4 is 5.32 Å². The van der Waals surface area contributed by atoms with Crippen LogP contribution in [0.2, 0.25) is 0 Å². The predicted octanol–water partition coefficient (Wildman–Crippen LogP) is 2.55. The summed E-state index contributed by atoms with van der Waals surface area (Å²) in [6.45, 7) is 0.348. The molecule has 2 aromatic rings. The number of hydrogen-bond donors (Lipinski definition) is 1. The Morgan fingerprint density at radius 3 is 2.74 bits per heavy atom. The Labute approximate surface area is 110 Å². The molecule has 3 nitrogen and oxygen atoms in total. The lowest BCUT2D eigenvalue weighted by molar-refractivity contribution is -0.116. The first-order valence-corrected chi connectivity index (χ1v) is 5.86. The fraction of sp³-hybridized carbons (Fsp3) is 0.0667. The van der Waals surface area contributed by atoms with E-state index >= 15 is 0 Å². The third kappa shape index (κ3) is 4.03. The van der Waals surface area contributed by atoms with Gasteiger partial charge in [-0.3, -0.25) is 9.78 Å². The molecule has 0 aliphatic carbocycles. The monoisotopic (exact) mass is 256 g/mol. The summed E-state index contributed by atoms with van der Waals surface area (Å²) in [7, 11) is 0. The molecule has 1 N–H and O–H groups in total. The highest BCUT2D eigenvalue weighted by Gasteiger charge is 1.99. The van der Waals surface area contributed by atoms with Crippen LogP contribution >= 0.6 is 0 Å². The molecule has 0 radical (unpaired) electrons. The van der Waals surface area contributed by atoms with Gasteiger partial charge in [0.25, 0.3) is 0 Å². The molecule has 0 unspecified atom stereocenters. The lowest BCUT2D eigenvalue weighted by Gasteiger charge is -2.01. The average Bonchev–Trinajstić information content (AvgIpc) is 2.45. The van der Waals surface area contributed by atoms with E-state index in [9.17, 15) is 9.18 Å². The number of hydrogen-bond acceptors (Lipinski definition) is 2. The SMILES string of the molecule is O=C(/C=C/c1ccccc1F)NCc1ccccn1. The van der Waals surface area contributed by atoms with Crippen molar-refractivity contribution in [1.29, 1.82) is 0 Å². The first-order valence-electron chi connectivity index (χ1n) is 5.86. The summed E-state index contributed by atoms with van der Waals surface area (Å²) in [6.07, 6.45) is 4.42. The molecule has 0 aliphatic heterocycles. The Balaban J connectivity index is 1.90. The minimum atomic E-state index is -0.351. The number of amides is 1. The summed E-state index contributed by atoms with van der Waals surface area (Å²) >= 11 is 0. The van der Waals surface area contributed by atoms with Crippen LogP contribution in [0.1, 0.15) is 11.3 Å². The Morgan fingerprint density at radius 1 is 1.21 bits per heavy atom. The molecule has 19 heavy (non-hydrogen) atoms. The summed E-state index contributed by atoms with van der Waals surface area (Å²) in [5.41, 5.74) is 1.16. The van der Waals surface area contributed by atoms with E-state index in [1.807, 2.05) is 18.2 Å². The number of benzene rings is 1. The number of rotatable bonds is 4. The molecular formula is C15H13FN2O. The van der Waals surface area contributed by atoms with Crippen molar-refractivity contribution >= 4 is 12.0 Å². The molecule has 1 aromatic heterocycles. The number of carbonyl (C=O) groups excluding carboxylic acids is 1. The number of nitrogens with zero attached hydrogens (tertiary/aromatic N) is 1. The fourth-order valence-electron chi connectivity index (χ4n) is 1.52. The molecule has 1 amide bonds. The van der Waals surface area contributed by atoms with Gasteiger partial charge in [-0.25, -0.2) is 4.39 Å². The van der Waals surface area contributed by atoms with Crippen LogP contribution in [0.25, 0.3) is 6.08 Å². The second kappa shape index (κ2) is 6.44. The van der Waals surface area contributed by atoms with Gasteiger partial charge in [-0.1, -0.05) is 24.3 Å². The lowest BCUT2D eigenvalue weighted by atomic mass is 10.2. The lowest BCUT2D eigenvalue weighted by Crippen LogP contribution is -2.20. The maximum absolute atomic E-state index is 13.3. The molecule has 0 saturated heterocycles. The van der Waals surface area contributed by atoms with Crippen LogP contribution in [0.3, 0.4) is 0 Å². The van der Waals surface area contributed by atoms with E-state index in [1.165, 1.54) is 18.2 Å². The van der Waals surface area contributed by atoms with E-state index in [1.54, 1.807) is 24.4 Å². The highest BCUT2D eigenvalue weighted by atomic mass is 19.1. The Kier molecular flexibility index (Phi) is 4.39. The van der Waals surface area contributed by atoms with Crippen molar-refractivity contribution in [1.82, 2.24) is 10.3 Å². The number of halogens is 1. The van der Waals surface area contributed by atoms with E-state index < -0.39 is 0 Å². The zero-order valence-electron chi connectivity index (χ0n) is 10.2. The van der Waals surface area contributed by atoms with E-state index in [0.29, 0.717) is 12.1 Å². The minimum Gasteiger partial charge on any atom is -0.347 e. The second-order valence-corrected chi connectivity index (χ2v) is 3.89. The number of nitrogens with one attached hydrogen (secondary N) is 1. The molecule has 0 fully saturated rings. The van der Waals surface area contributed by atoms with Gasteiger partial charge in [0.1, 0.15) is 5.82 Å². The number of aromatic nitrogens is 1. The van der Waals surface area contributed by atoms with Crippen LogP contribution in [0.4, 0.5) is 4.39 Å². The van der Waals surface area contributed by atoms with Crippen molar-refractivity contribution in [2.75, 3.05) is 0 Å². The van der Waals surface area contributed by atoms with Gasteiger partial charge in [0.15, 0.2) is 0 Å². The summed E-state index contributed by atoms with van der Waals surface area (Å²) in [5.74, 6) is -0.634. The van der Waals surface area contributed by atoms with Gasteiger partial charge in [0, 0.05) is 17.8 Å². The van der Waals surface area contributed by atoms with E-state index in [4.69, 9.17) is 0 Å². The molecule has 1 aromatic carbocycles. The van der Waals surface area contributed by atoms with Gasteiger partial charge in [0.2, 0.25) is 5.91 Å². The largest absolute Gasteiger partial charge is 0.347 e. The van der Waals surface area contributed by atoms with Crippen LogP contribution in [-0.4, -0.2) is 10.9 Å². The van der Waals surface area contributed by atoms with Gasteiger partial charge >= 0.3 is 0 Å². The van der Waals surface area contributed by atoms with E-state index in [0.717, 1.165) is 5.69 Å². The third-order valence-electron chi connectivity index (χ3n) is 2.49. The topological polar surface area (TPSA) is 42.0 Å². The predicted molar refractivity (Wildman–Crippen MR) is 71.5 cm³/mol. The maximum Gasteiger partial charge on any atom is 0.244 e. The Morgan fingerprint density at radius 2 is 2.00 bits per heavy atom. The highest BCUT2D eigenvalue weighted by Crippen LogP contribution is 2.07. The number of pyridine rings is 1. The molecule has 0 spiro atoms. The van der Waals surface area contributed by atoms with Gasteiger partial charge in [0.05, 0.1) is 12.2 Å². The molecule has 4 heteroatoms. The van der Waals surface area contributed by atoms with E-state index in [-0.39, 0.29) is 11.7 Å². The average molecular weight is 256 g/mol. The van der Waals surface area contributed by atoms with Crippen LogP contribution in [0, 0.1) is 5.82 Å². The van der Waals surface area contributed by atoms with Crippen molar-refractivity contribution in [2.24, 2.45) is 0 Å². The first-order chi connectivity index (χ1) is 9.25. The minimum absolute atomic E-state index is 0.283. The maximum atomic E-state index is 13.3. The Bertz CT molecular complexity index is 582. The molecule has 96 valence electrons. The zero-order chi connectivity index (χ0) is 13.5. The molecule has 2 rings (SSSR count). The van der Waals surface area contributed by atoms with E-state index in [2.05, 4.69) is 10.3 Å². The van der Waals surface area contributed by atoms with Crippen molar-refractivity contribution in [3.63, 3.8) is 0 Å². The third-order valence-corrected chi connectivity index (χ3v) is 2.49. The number of carbonyl (C=O) groups is 1. The van der Waals surface area contributed by atoms with Crippen molar-refractivity contribution in [3.8, 4) is 0 Å². The summed E-state index contributed by atoms with van der Waals surface area (Å²) < 4.78 is 13.3. The molecule has 0 bridgehead atoms. The van der Waals surface area contributed by atoms with Crippen LogP contribution in [0.5, 0.6) is 0 Å². The highest BCUT2D eigenvalue weighted by molar-refractivity contribution is 5.91. The quantitative estimate of drug-likeness (QED) is 0.854. The fourth-order valence-corrected chi connectivity index (χ4v) is 1.52. The zero-order valence-corrected chi connectivity index (χ0v) is 10.2. The van der Waals surface area contributed by atoms with Gasteiger partial charge in [-0.15, -0.1) is 0 Å². The van der Waals surface area contributed by atoms with Gasteiger partial charge in [-0.2, -0.15) is 0 Å². The molecule has 0 atom stereocenters. The first kappa shape index (κ1) is 13.0. The smallest absolute Gasteiger partial charge is 0.244 e. The summed E-state index contributed by atoms with van der Waals surface area (Å²) in [5, 5.41) is 2.68. The van der Waals surface area contributed by atoms with Crippen molar-refractivity contribution < 1.29 is 9.18 Å². The van der Waals surface area contributed by atoms with Gasteiger partial charge in [-0.05, 0) is 24.3 Å². The standard InChI is InChI=1S/C15H13FN2O/c16-14-7-2-1-5-12(14)8-9-15(19)18-11-13-6-3-4-10-17-13/h1-10H,11H2,(H,18,19)/b9-8+. The Hall–Kier alpha value is -2.49. The normalized spacial score (nSPS) is 10.6. The van der Waals surface area contributed by atoms with Gasteiger partial charge < -0.3 is 5.32 Å². The summed E-state index contributed by atoms with van der Waals surface area (Å²) in [6, 6.07) is 11.8. The second-order valence-electron chi connectivity index (χ2n) is 3.89. The summed E-state index contributed by atoms with van der Waals surface area (Å²) in [4.78, 5) is 15.6. The van der Waals surface area contributed by atoms with Crippen LogP contribution in [0.15, 0.2) is 54.7 Å². The molecule has 1 heterocycles. The van der Waals surface area contributed by atoms with Crippen molar-refractivity contribution in [2.45, 2.75) is 6.54 Å². The molecule has 0 aliphatic rings. The van der Waals surface area contributed by atoms with Crippen molar-refractivity contribution in [3.05, 3.63) is 71.8 Å².